The largest absolute Gasteiger partial charge is 0.336 e. The van der Waals surface area contributed by atoms with Gasteiger partial charge in [-0.25, -0.2) is 9.37 Å². The summed E-state index contributed by atoms with van der Waals surface area (Å²) in [7, 11) is 0. The van der Waals surface area contributed by atoms with Crippen LogP contribution in [0.1, 0.15) is 31.7 Å². The first-order chi connectivity index (χ1) is 19.0. The predicted molar refractivity (Wildman–Crippen MR) is 148 cm³/mol. The zero-order valence-corrected chi connectivity index (χ0v) is 21.4. The van der Waals surface area contributed by atoms with E-state index in [0.29, 0.717) is 34.7 Å². The summed E-state index contributed by atoms with van der Waals surface area (Å²) >= 11 is 0. The number of hydrogen-bond acceptors (Lipinski definition) is 6. The number of rotatable bonds is 7. The van der Waals surface area contributed by atoms with E-state index >= 15 is 4.39 Å². The van der Waals surface area contributed by atoms with Crippen LogP contribution in [-0.4, -0.2) is 41.0 Å². The monoisotopic (exact) mass is 520 g/mol. The Balaban J connectivity index is 1.43. The minimum absolute atomic E-state index is 0.101. The van der Waals surface area contributed by atoms with Crippen molar-refractivity contribution in [3.63, 3.8) is 0 Å². The van der Waals surface area contributed by atoms with Crippen LogP contribution in [0.25, 0.3) is 56.0 Å². The van der Waals surface area contributed by atoms with Crippen LogP contribution in [0.3, 0.4) is 0 Å². The van der Waals surface area contributed by atoms with Gasteiger partial charge in [0.25, 0.3) is 0 Å². The second kappa shape index (κ2) is 10.1. The van der Waals surface area contributed by atoms with Crippen molar-refractivity contribution >= 4 is 33.5 Å². The van der Waals surface area contributed by atoms with Crippen molar-refractivity contribution in [2.24, 2.45) is 0 Å². The summed E-state index contributed by atoms with van der Waals surface area (Å²) < 4.78 is 16.1. The van der Waals surface area contributed by atoms with E-state index in [2.05, 4.69) is 35.5 Å². The molecule has 6 aromatic rings. The van der Waals surface area contributed by atoms with Crippen molar-refractivity contribution in [3.8, 4) is 34.0 Å². The number of nitrogens with zero attached hydrogens (tertiary/aromatic N) is 5. The number of carbonyl (C=O) groups is 1. The number of benzene rings is 1. The predicted octanol–water partition coefficient (Wildman–Crippen LogP) is 6.20. The van der Waals surface area contributed by atoms with Crippen LogP contribution in [-0.2, 0) is 4.79 Å². The van der Waals surface area contributed by atoms with E-state index in [1.807, 2.05) is 44.2 Å². The highest BCUT2D eigenvalue weighted by Crippen LogP contribution is 2.35. The lowest BCUT2D eigenvalue weighted by atomic mass is 10.1. The molecule has 1 amide bonds. The van der Waals surface area contributed by atoms with Crippen LogP contribution in [0.4, 0.5) is 10.1 Å². The second-order valence-electron chi connectivity index (χ2n) is 9.35. The van der Waals surface area contributed by atoms with Gasteiger partial charge in [0.1, 0.15) is 11.4 Å². The fourth-order valence-electron chi connectivity index (χ4n) is 4.62. The molecule has 194 valence electrons. The van der Waals surface area contributed by atoms with Gasteiger partial charge in [0, 0.05) is 29.9 Å². The molecule has 0 aliphatic carbocycles. The first-order valence-electron chi connectivity index (χ1n) is 12.7. The van der Waals surface area contributed by atoms with E-state index in [-0.39, 0.29) is 17.0 Å². The van der Waals surface area contributed by atoms with E-state index in [1.165, 1.54) is 18.6 Å². The standard InChI is InChI=1S/C29H25FN8O/c1-3-4-8-22(39)34-18-12-17(13-31-14-18)26-24(30)23-21(15-33-26)37-38-28(23)29-35-25-16(2)9-10-19(27(25)36-29)20-7-5-6-11-32-20/h5-7,9-15H,3-4,8H2,1-2H3,(H,34,39)(H,35,36)(H,37,38). The number of H-pyrrole nitrogens is 2. The Kier molecular flexibility index (Phi) is 6.28. The number of imidazole rings is 1. The van der Waals surface area contributed by atoms with E-state index < -0.39 is 5.82 Å². The molecule has 0 aliphatic heterocycles. The molecule has 0 atom stereocenters. The quantitative estimate of drug-likeness (QED) is 0.230. The van der Waals surface area contributed by atoms with Gasteiger partial charge in [0.05, 0.1) is 45.7 Å². The molecule has 0 bridgehead atoms. The van der Waals surface area contributed by atoms with E-state index in [0.717, 1.165) is 40.7 Å². The minimum atomic E-state index is -0.561. The number of carbonyl (C=O) groups excluding carboxylic acids is 1. The lowest BCUT2D eigenvalue weighted by Gasteiger charge is -2.08. The lowest BCUT2D eigenvalue weighted by Crippen LogP contribution is -2.11. The SMILES string of the molecule is CCCCC(=O)Nc1cncc(-c2ncc3[nH]nc(-c4nc5c(C)ccc(-c6ccccn6)c5[nH]4)c3c2F)c1. The highest BCUT2D eigenvalue weighted by Gasteiger charge is 2.22. The lowest BCUT2D eigenvalue weighted by molar-refractivity contribution is -0.116. The third-order valence-corrected chi connectivity index (χ3v) is 6.61. The molecule has 0 fully saturated rings. The number of aromatic amines is 2. The highest BCUT2D eigenvalue weighted by molar-refractivity contribution is 5.99. The van der Waals surface area contributed by atoms with Crippen LogP contribution in [0.2, 0.25) is 0 Å². The molecule has 9 nitrogen and oxygen atoms in total. The number of aromatic nitrogens is 7. The topological polar surface area (TPSA) is 125 Å². The van der Waals surface area contributed by atoms with Gasteiger partial charge in [-0.2, -0.15) is 5.10 Å². The third kappa shape index (κ3) is 4.50. The molecule has 6 rings (SSSR count). The molecular weight excluding hydrogens is 495 g/mol. The Hall–Kier alpha value is -4.99. The number of nitrogens with one attached hydrogen (secondary N) is 3. The van der Waals surface area contributed by atoms with Crippen molar-refractivity contribution in [1.29, 1.82) is 0 Å². The van der Waals surface area contributed by atoms with Crippen LogP contribution in [0.15, 0.2) is 61.2 Å². The van der Waals surface area contributed by atoms with Crippen molar-refractivity contribution in [2.45, 2.75) is 33.1 Å². The van der Waals surface area contributed by atoms with Crippen molar-refractivity contribution in [2.75, 3.05) is 5.32 Å². The number of hydrogen-bond donors (Lipinski definition) is 3. The molecule has 39 heavy (non-hydrogen) atoms. The first kappa shape index (κ1) is 24.4. The zero-order valence-electron chi connectivity index (χ0n) is 21.4. The Labute approximate surface area is 223 Å². The zero-order chi connectivity index (χ0) is 26.9. The second-order valence-corrected chi connectivity index (χ2v) is 9.35. The molecule has 3 N–H and O–H groups in total. The number of fused-ring (bicyclic) bond motifs is 2. The summed E-state index contributed by atoms with van der Waals surface area (Å²) in [5.74, 6) is -0.245. The summed E-state index contributed by atoms with van der Waals surface area (Å²) in [5.41, 5.74) is 6.02. The molecular formula is C29H25FN8O. The minimum Gasteiger partial charge on any atom is -0.336 e. The summed E-state index contributed by atoms with van der Waals surface area (Å²) in [6.07, 6.45) is 8.44. The maximum Gasteiger partial charge on any atom is 0.224 e. The Bertz CT molecular complexity index is 1830. The van der Waals surface area contributed by atoms with Gasteiger partial charge < -0.3 is 10.3 Å². The molecule has 0 saturated carbocycles. The summed E-state index contributed by atoms with van der Waals surface area (Å²) in [5, 5.41) is 10.3. The highest BCUT2D eigenvalue weighted by atomic mass is 19.1. The summed E-state index contributed by atoms with van der Waals surface area (Å²) in [6.45, 7) is 4.00. The smallest absolute Gasteiger partial charge is 0.224 e. The number of unbranched alkanes of at least 4 members (excludes halogenated alkanes) is 1. The van der Waals surface area contributed by atoms with Gasteiger partial charge in [-0.15, -0.1) is 0 Å². The maximum atomic E-state index is 16.1. The van der Waals surface area contributed by atoms with Gasteiger partial charge in [0.2, 0.25) is 5.91 Å². The van der Waals surface area contributed by atoms with Gasteiger partial charge in [-0.05, 0) is 37.1 Å². The Morgan fingerprint density at radius 3 is 2.79 bits per heavy atom. The molecule has 0 radical (unpaired) electrons. The molecule has 0 spiro atoms. The van der Waals surface area contributed by atoms with Crippen molar-refractivity contribution < 1.29 is 9.18 Å². The van der Waals surface area contributed by atoms with Gasteiger partial charge in [0.15, 0.2) is 11.6 Å². The van der Waals surface area contributed by atoms with Crippen LogP contribution in [0, 0.1) is 12.7 Å². The molecule has 0 saturated heterocycles. The third-order valence-electron chi connectivity index (χ3n) is 6.61. The normalized spacial score (nSPS) is 11.4. The molecule has 1 aromatic carbocycles. The van der Waals surface area contributed by atoms with Crippen LogP contribution >= 0.6 is 0 Å². The fourth-order valence-corrected chi connectivity index (χ4v) is 4.62. The Morgan fingerprint density at radius 2 is 1.97 bits per heavy atom. The summed E-state index contributed by atoms with van der Waals surface area (Å²) in [6, 6.07) is 11.4. The van der Waals surface area contributed by atoms with E-state index in [1.54, 1.807) is 12.3 Å². The molecule has 5 aromatic heterocycles. The van der Waals surface area contributed by atoms with Gasteiger partial charge in [-0.3, -0.25) is 24.8 Å². The van der Waals surface area contributed by atoms with Crippen molar-refractivity contribution in [3.05, 3.63) is 72.6 Å². The number of halogens is 1. The number of amides is 1. The van der Waals surface area contributed by atoms with Crippen LogP contribution < -0.4 is 5.32 Å². The summed E-state index contributed by atoms with van der Waals surface area (Å²) in [4.78, 5) is 33.3. The number of pyridine rings is 3. The first-order valence-corrected chi connectivity index (χ1v) is 12.7. The average molecular weight is 521 g/mol. The average Bonchev–Trinajstić information content (AvgIpc) is 3.59. The number of anilines is 1. The van der Waals surface area contributed by atoms with Crippen LogP contribution in [0.5, 0.6) is 0 Å². The Morgan fingerprint density at radius 1 is 1.08 bits per heavy atom. The van der Waals surface area contributed by atoms with E-state index in [9.17, 15) is 4.79 Å². The molecule has 0 aliphatic rings. The molecule has 0 unspecified atom stereocenters. The van der Waals surface area contributed by atoms with E-state index in [4.69, 9.17) is 4.98 Å². The van der Waals surface area contributed by atoms with Gasteiger partial charge in [-0.1, -0.05) is 31.5 Å². The van der Waals surface area contributed by atoms with Gasteiger partial charge >= 0.3 is 0 Å². The molecule has 5 heterocycles. The fraction of sp³-hybridized carbons (Fsp3) is 0.172. The number of aryl methyl sites for hydroxylation is 1. The molecule has 10 heteroatoms. The maximum absolute atomic E-state index is 16.1. The van der Waals surface area contributed by atoms with Crippen molar-refractivity contribution in [1.82, 2.24) is 35.1 Å².